The molecule has 1 saturated heterocycles. The normalized spacial score (nSPS) is 18.4. The van der Waals surface area contributed by atoms with Crippen LogP contribution < -0.4 is 5.32 Å². The standard InChI is InChI=1S/C14H14N2O3/c17-13(12-7-4-8-18-12)16-14-11(9-15-19-14)10-5-2-1-3-6-10/h1-3,5-6,9,12H,4,7-8H2,(H,16,17). The molecule has 0 radical (unpaired) electrons. The van der Waals surface area contributed by atoms with Crippen LogP contribution in [-0.4, -0.2) is 23.8 Å². The summed E-state index contributed by atoms with van der Waals surface area (Å²) < 4.78 is 10.4. The van der Waals surface area contributed by atoms with E-state index in [1.807, 2.05) is 30.3 Å². The largest absolute Gasteiger partial charge is 0.368 e. The fourth-order valence-electron chi connectivity index (χ4n) is 2.13. The molecule has 0 aliphatic carbocycles. The van der Waals surface area contributed by atoms with Gasteiger partial charge in [-0.15, -0.1) is 0 Å². The lowest BCUT2D eigenvalue weighted by atomic mass is 10.1. The summed E-state index contributed by atoms with van der Waals surface area (Å²) in [5.41, 5.74) is 1.72. The Balaban J connectivity index is 1.79. The van der Waals surface area contributed by atoms with Crippen molar-refractivity contribution in [3.05, 3.63) is 36.5 Å². The van der Waals surface area contributed by atoms with Crippen LogP contribution >= 0.6 is 0 Å². The van der Waals surface area contributed by atoms with Gasteiger partial charge in [-0.3, -0.25) is 10.1 Å². The highest BCUT2D eigenvalue weighted by Gasteiger charge is 2.25. The summed E-state index contributed by atoms with van der Waals surface area (Å²) in [5.74, 6) is 0.193. The first-order chi connectivity index (χ1) is 9.34. The van der Waals surface area contributed by atoms with Crippen molar-refractivity contribution in [2.75, 3.05) is 11.9 Å². The number of carbonyl (C=O) groups excluding carboxylic acids is 1. The molecule has 98 valence electrons. The SMILES string of the molecule is O=C(Nc1oncc1-c1ccccc1)C1CCCO1. The van der Waals surface area contributed by atoms with E-state index in [1.54, 1.807) is 6.20 Å². The second kappa shape index (κ2) is 5.24. The highest BCUT2D eigenvalue weighted by molar-refractivity contribution is 5.96. The Morgan fingerprint density at radius 2 is 2.16 bits per heavy atom. The molecule has 0 bridgehead atoms. The van der Waals surface area contributed by atoms with E-state index in [0.717, 1.165) is 24.0 Å². The molecule has 1 aliphatic heterocycles. The van der Waals surface area contributed by atoms with E-state index in [9.17, 15) is 4.79 Å². The number of amides is 1. The van der Waals surface area contributed by atoms with Crippen LogP contribution in [0.1, 0.15) is 12.8 Å². The number of carbonyl (C=O) groups is 1. The molecule has 1 aromatic heterocycles. The van der Waals surface area contributed by atoms with Crippen LogP contribution in [0.2, 0.25) is 0 Å². The van der Waals surface area contributed by atoms with Gasteiger partial charge in [0, 0.05) is 6.61 Å². The summed E-state index contributed by atoms with van der Waals surface area (Å²) in [6.07, 6.45) is 2.88. The van der Waals surface area contributed by atoms with Crippen molar-refractivity contribution in [1.29, 1.82) is 0 Å². The van der Waals surface area contributed by atoms with Gasteiger partial charge in [0.05, 0.1) is 11.8 Å². The van der Waals surface area contributed by atoms with E-state index < -0.39 is 0 Å². The van der Waals surface area contributed by atoms with E-state index >= 15 is 0 Å². The molecule has 0 spiro atoms. The van der Waals surface area contributed by atoms with Gasteiger partial charge in [-0.1, -0.05) is 35.5 Å². The number of hydrogen-bond donors (Lipinski definition) is 1. The van der Waals surface area contributed by atoms with Gasteiger partial charge in [0.15, 0.2) is 0 Å². The molecule has 1 N–H and O–H groups in total. The Labute approximate surface area is 110 Å². The summed E-state index contributed by atoms with van der Waals surface area (Å²) in [7, 11) is 0. The third-order valence-electron chi connectivity index (χ3n) is 3.11. The maximum absolute atomic E-state index is 12.0. The average Bonchev–Trinajstić information content (AvgIpc) is 3.11. The number of aromatic nitrogens is 1. The van der Waals surface area contributed by atoms with Gasteiger partial charge in [0.25, 0.3) is 5.91 Å². The third kappa shape index (κ3) is 2.51. The van der Waals surface area contributed by atoms with Crippen molar-refractivity contribution >= 4 is 11.8 Å². The Kier molecular flexibility index (Phi) is 3.29. The van der Waals surface area contributed by atoms with Crippen molar-refractivity contribution in [3.8, 4) is 11.1 Å². The maximum atomic E-state index is 12.0. The third-order valence-corrected chi connectivity index (χ3v) is 3.11. The highest BCUT2D eigenvalue weighted by atomic mass is 16.5. The lowest BCUT2D eigenvalue weighted by Crippen LogP contribution is -2.26. The van der Waals surface area contributed by atoms with E-state index in [4.69, 9.17) is 9.26 Å². The first kappa shape index (κ1) is 11.9. The summed E-state index contributed by atoms with van der Waals surface area (Å²) in [4.78, 5) is 12.0. The second-order valence-corrected chi connectivity index (χ2v) is 4.43. The van der Waals surface area contributed by atoms with Gasteiger partial charge in [-0.05, 0) is 18.4 Å². The zero-order chi connectivity index (χ0) is 13.1. The molecule has 5 heteroatoms. The van der Waals surface area contributed by atoms with Crippen molar-refractivity contribution in [3.63, 3.8) is 0 Å². The van der Waals surface area contributed by atoms with Gasteiger partial charge < -0.3 is 9.26 Å². The molecule has 1 atom stereocenters. The zero-order valence-electron chi connectivity index (χ0n) is 10.3. The van der Waals surface area contributed by atoms with Gasteiger partial charge in [0.2, 0.25) is 5.88 Å². The van der Waals surface area contributed by atoms with E-state index in [1.165, 1.54) is 0 Å². The molecule has 1 unspecified atom stereocenters. The Morgan fingerprint density at radius 1 is 1.32 bits per heavy atom. The predicted molar refractivity (Wildman–Crippen MR) is 69.5 cm³/mol. The molecule has 3 rings (SSSR count). The first-order valence-corrected chi connectivity index (χ1v) is 6.27. The van der Waals surface area contributed by atoms with Crippen LogP contribution in [0.25, 0.3) is 11.1 Å². The molecule has 19 heavy (non-hydrogen) atoms. The summed E-state index contributed by atoms with van der Waals surface area (Å²) >= 11 is 0. The van der Waals surface area contributed by atoms with Gasteiger partial charge >= 0.3 is 0 Å². The van der Waals surface area contributed by atoms with Gasteiger partial charge in [-0.2, -0.15) is 0 Å². The topological polar surface area (TPSA) is 64.4 Å². The monoisotopic (exact) mass is 258 g/mol. The lowest BCUT2D eigenvalue weighted by Gasteiger charge is -2.09. The van der Waals surface area contributed by atoms with Crippen LogP contribution in [0.15, 0.2) is 41.1 Å². The minimum absolute atomic E-state index is 0.175. The molecule has 5 nitrogen and oxygen atoms in total. The number of nitrogens with zero attached hydrogens (tertiary/aromatic N) is 1. The van der Waals surface area contributed by atoms with Crippen LogP contribution in [0.5, 0.6) is 0 Å². The quantitative estimate of drug-likeness (QED) is 0.918. The van der Waals surface area contributed by atoms with Gasteiger partial charge in [0.1, 0.15) is 6.10 Å². The molecular formula is C14H14N2O3. The van der Waals surface area contributed by atoms with Crippen molar-refractivity contribution in [1.82, 2.24) is 5.16 Å². The number of hydrogen-bond acceptors (Lipinski definition) is 4. The smallest absolute Gasteiger partial charge is 0.255 e. The van der Waals surface area contributed by atoms with Crippen molar-refractivity contribution < 1.29 is 14.1 Å². The van der Waals surface area contributed by atoms with Crippen LogP contribution in [0.4, 0.5) is 5.88 Å². The maximum Gasteiger partial charge on any atom is 0.255 e. The van der Waals surface area contributed by atoms with Crippen molar-refractivity contribution in [2.24, 2.45) is 0 Å². The van der Waals surface area contributed by atoms with Crippen LogP contribution in [0.3, 0.4) is 0 Å². The van der Waals surface area contributed by atoms with E-state index in [-0.39, 0.29) is 12.0 Å². The van der Waals surface area contributed by atoms with Crippen LogP contribution in [0, 0.1) is 0 Å². The number of anilines is 1. The zero-order valence-corrected chi connectivity index (χ0v) is 10.3. The number of nitrogens with one attached hydrogen (secondary N) is 1. The predicted octanol–water partition coefficient (Wildman–Crippen LogP) is 2.46. The first-order valence-electron chi connectivity index (χ1n) is 6.27. The molecule has 1 fully saturated rings. The number of rotatable bonds is 3. The molecule has 1 amide bonds. The minimum atomic E-state index is -0.381. The van der Waals surface area contributed by atoms with E-state index in [0.29, 0.717) is 12.5 Å². The Hall–Kier alpha value is -2.14. The van der Waals surface area contributed by atoms with Gasteiger partial charge in [-0.25, -0.2) is 0 Å². The average molecular weight is 258 g/mol. The summed E-state index contributed by atoms with van der Waals surface area (Å²) in [6.45, 7) is 0.639. The molecule has 0 saturated carbocycles. The van der Waals surface area contributed by atoms with Crippen molar-refractivity contribution in [2.45, 2.75) is 18.9 Å². The minimum Gasteiger partial charge on any atom is -0.368 e. The summed E-state index contributed by atoms with van der Waals surface area (Å²) in [6, 6.07) is 9.66. The Bertz CT molecular complexity index is 559. The van der Waals surface area contributed by atoms with E-state index in [2.05, 4.69) is 10.5 Å². The molecule has 2 heterocycles. The Morgan fingerprint density at radius 3 is 2.89 bits per heavy atom. The number of ether oxygens (including phenoxy) is 1. The fourth-order valence-corrected chi connectivity index (χ4v) is 2.13. The second-order valence-electron chi connectivity index (χ2n) is 4.43. The molecule has 2 aromatic rings. The summed E-state index contributed by atoms with van der Waals surface area (Å²) in [5, 5.41) is 6.49. The van der Waals surface area contributed by atoms with Crippen LogP contribution in [-0.2, 0) is 9.53 Å². The molecule has 1 aromatic carbocycles. The lowest BCUT2D eigenvalue weighted by molar-refractivity contribution is -0.124. The fraction of sp³-hybridized carbons (Fsp3) is 0.286. The molecular weight excluding hydrogens is 244 g/mol. The number of benzene rings is 1. The molecule has 1 aliphatic rings. The highest BCUT2D eigenvalue weighted by Crippen LogP contribution is 2.28.